The monoisotopic (exact) mass is 211 g/mol. The molecule has 1 atom stereocenters. The maximum absolute atomic E-state index is 5.44. The van der Waals surface area contributed by atoms with Gasteiger partial charge in [0.15, 0.2) is 0 Å². The summed E-state index contributed by atoms with van der Waals surface area (Å²) in [5.41, 5.74) is 6.28. The topological polar surface area (TPSA) is 51.8 Å². The van der Waals surface area contributed by atoms with E-state index in [1.807, 2.05) is 0 Å². The predicted octanol–water partition coefficient (Wildman–Crippen LogP) is 2.07. The molecule has 0 aliphatic carbocycles. The van der Waals surface area contributed by atoms with Gasteiger partial charge in [-0.1, -0.05) is 20.8 Å². The normalized spacial score (nSPS) is 13.2. The van der Waals surface area contributed by atoms with Crippen LogP contribution in [-0.2, 0) is 6.54 Å². The van der Waals surface area contributed by atoms with Crippen molar-refractivity contribution in [3.05, 3.63) is 18.1 Å². The summed E-state index contributed by atoms with van der Waals surface area (Å²) in [6.45, 7) is 7.07. The van der Waals surface area contributed by atoms with Crippen LogP contribution in [-0.4, -0.2) is 15.2 Å². The molecule has 0 aliphatic rings. The molecule has 2 N–H and O–H groups in total. The summed E-state index contributed by atoms with van der Waals surface area (Å²) in [4.78, 5) is 8.49. The molecule has 0 amide bonds. The number of nitrogens with two attached hydrogens (primary N) is 1. The van der Waals surface area contributed by atoms with E-state index in [-0.39, 0.29) is 0 Å². The molecule has 0 radical (unpaired) electrons. The van der Waals surface area contributed by atoms with E-state index in [0.29, 0.717) is 17.7 Å². The summed E-state index contributed by atoms with van der Waals surface area (Å²) in [7, 11) is 0. The van der Waals surface area contributed by atoms with Crippen LogP contribution in [0.4, 0.5) is 0 Å². The summed E-state index contributed by atoms with van der Waals surface area (Å²) in [5.74, 6) is 0.649. The molecule has 0 spiro atoms. The van der Waals surface area contributed by atoms with E-state index in [1.54, 1.807) is 24.2 Å². The highest BCUT2D eigenvalue weighted by Gasteiger charge is 2.09. The summed E-state index contributed by atoms with van der Waals surface area (Å²) in [5, 5.41) is 1.54. The Morgan fingerprint density at radius 2 is 2.00 bits per heavy atom. The van der Waals surface area contributed by atoms with Gasteiger partial charge >= 0.3 is 0 Å². The maximum atomic E-state index is 5.44. The van der Waals surface area contributed by atoms with Gasteiger partial charge in [0.05, 0.1) is 18.1 Å². The van der Waals surface area contributed by atoms with Crippen molar-refractivity contribution in [2.75, 3.05) is 0 Å². The van der Waals surface area contributed by atoms with Gasteiger partial charge in [0, 0.05) is 11.8 Å². The van der Waals surface area contributed by atoms with Crippen LogP contribution in [0.1, 0.15) is 26.5 Å². The first-order valence-corrected chi connectivity index (χ1v) is 5.69. The van der Waals surface area contributed by atoms with Gasteiger partial charge in [-0.25, -0.2) is 4.98 Å². The average molecular weight is 211 g/mol. The minimum absolute atomic E-state index is 0.456. The summed E-state index contributed by atoms with van der Waals surface area (Å²) in [6, 6.07) is 0. The van der Waals surface area contributed by atoms with E-state index < -0.39 is 0 Å². The fourth-order valence-electron chi connectivity index (χ4n) is 0.836. The Morgan fingerprint density at radius 3 is 2.43 bits per heavy atom. The van der Waals surface area contributed by atoms with Crippen LogP contribution >= 0.6 is 11.8 Å². The highest BCUT2D eigenvalue weighted by Crippen LogP contribution is 2.25. The van der Waals surface area contributed by atoms with E-state index in [2.05, 4.69) is 30.7 Å². The Morgan fingerprint density at radius 1 is 1.29 bits per heavy atom. The summed E-state index contributed by atoms with van der Waals surface area (Å²) in [6.07, 6.45) is 3.54. The van der Waals surface area contributed by atoms with Crippen molar-refractivity contribution < 1.29 is 0 Å². The Labute approximate surface area is 89.5 Å². The fraction of sp³-hybridized carbons (Fsp3) is 0.600. The number of rotatable bonds is 4. The van der Waals surface area contributed by atoms with Crippen molar-refractivity contribution in [3.63, 3.8) is 0 Å². The van der Waals surface area contributed by atoms with Gasteiger partial charge in [0.25, 0.3) is 0 Å². The van der Waals surface area contributed by atoms with Crippen molar-refractivity contribution in [2.24, 2.45) is 11.7 Å². The molecule has 0 saturated heterocycles. The van der Waals surface area contributed by atoms with Gasteiger partial charge in [0.1, 0.15) is 5.03 Å². The predicted molar refractivity (Wildman–Crippen MR) is 60.1 cm³/mol. The lowest BCUT2D eigenvalue weighted by Crippen LogP contribution is -2.06. The van der Waals surface area contributed by atoms with Crippen molar-refractivity contribution in [1.29, 1.82) is 0 Å². The Hall–Kier alpha value is -0.610. The Kier molecular flexibility index (Phi) is 4.35. The molecule has 1 rings (SSSR count). The lowest BCUT2D eigenvalue weighted by atomic mass is 10.2. The van der Waals surface area contributed by atoms with Crippen molar-refractivity contribution >= 4 is 11.8 Å². The van der Waals surface area contributed by atoms with Gasteiger partial charge in [-0.15, -0.1) is 11.8 Å². The number of nitrogens with zero attached hydrogens (tertiary/aromatic N) is 2. The lowest BCUT2D eigenvalue weighted by molar-refractivity contribution is 0.641. The van der Waals surface area contributed by atoms with Gasteiger partial charge in [-0.2, -0.15) is 0 Å². The molecule has 3 nitrogen and oxygen atoms in total. The third-order valence-corrected chi connectivity index (χ3v) is 3.50. The van der Waals surface area contributed by atoms with Crippen molar-refractivity contribution in [1.82, 2.24) is 9.97 Å². The molecular formula is C10H17N3S. The quantitative estimate of drug-likeness (QED) is 0.775. The number of hydrogen-bond donors (Lipinski definition) is 1. The lowest BCUT2D eigenvalue weighted by Gasteiger charge is -2.13. The van der Waals surface area contributed by atoms with Gasteiger partial charge in [-0.3, -0.25) is 4.98 Å². The smallest absolute Gasteiger partial charge is 0.115 e. The summed E-state index contributed by atoms with van der Waals surface area (Å²) < 4.78 is 0. The molecule has 78 valence electrons. The fourth-order valence-corrected chi connectivity index (χ4v) is 1.72. The van der Waals surface area contributed by atoms with Gasteiger partial charge < -0.3 is 5.73 Å². The zero-order valence-electron chi connectivity index (χ0n) is 8.90. The highest BCUT2D eigenvalue weighted by atomic mass is 32.2. The standard InChI is InChI=1S/C10H17N3S/c1-7(2)8(3)14-10-6-12-9(4-11)5-13-10/h5-8H,4,11H2,1-3H3. The third-order valence-electron chi connectivity index (χ3n) is 2.14. The van der Waals surface area contributed by atoms with Gasteiger partial charge in [-0.05, 0) is 5.92 Å². The molecule has 0 aliphatic heterocycles. The minimum atomic E-state index is 0.456. The van der Waals surface area contributed by atoms with Crippen LogP contribution in [0, 0.1) is 5.92 Å². The van der Waals surface area contributed by atoms with Crippen molar-refractivity contribution in [2.45, 2.75) is 37.6 Å². The van der Waals surface area contributed by atoms with E-state index in [0.717, 1.165) is 10.7 Å². The highest BCUT2D eigenvalue weighted by molar-refractivity contribution is 7.99. The second kappa shape index (κ2) is 5.32. The van der Waals surface area contributed by atoms with E-state index >= 15 is 0 Å². The molecule has 14 heavy (non-hydrogen) atoms. The molecule has 4 heteroatoms. The molecule has 0 aromatic carbocycles. The zero-order chi connectivity index (χ0) is 10.6. The van der Waals surface area contributed by atoms with E-state index in [4.69, 9.17) is 5.73 Å². The molecule has 1 heterocycles. The molecule has 0 saturated carbocycles. The van der Waals surface area contributed by atoms with Crippen LogP contribution < -0.4 is 5.73 Å². The van der Waals surface area contributed by atoms with E-state index in [1.165, 1.54) is 0 Å². The van der Waals surface area contributed by atoms with Gasteiger partial charge in [0.2, 0.25) is 0 Å². The Bertz CT molecular complexity index is 271. The maximum Gasteiger partial charge on any atom is 0.115 e. The van der Waals surface area contributed by atoms with Crippen molar-refractivity contribution in [3.8, 4) is 0 Å². The molecule has 1 aromatic heterocycles. The van der Waals surface area contributed by atoms with Crippen LogP contribution in [0.2, 0.25) is 0 Å². The number of aromatic nitrogens is 2. The number of hydrogen-bond acceptors (Lipinski definition) is 4. The SMILES string of the molecule is CC(C)C(C)Sc1cnc(CN)cn1. The second-order valence-corrected chi connectivity index (χ2v) is 5.01. The second-order valence-electron chi connectivity index (χ2n) is 3.62. The largest absolute Gasteiger partial charge is 0.325 e. The first kappa shape index (κ1) is 11.5. The zero-order valence-corrected chi connectivity index (χ0v) is 9.71. The number of thioether (sulfide) groups is 1. The molecule has 1 aromatic rings. The molecule has 0 fully saturated rings. The van der Waals surface area contributed by atoms with E-state index in [9.17, 15) is 0 Å². The third kappa shape index (κ3) is 3.27. The first-order chi connectivity index (χ1) is 6.63. The van der Waals surface area contributed by atoms with Crippen LogP contribution in [0.3, 0.4) is 0 Å². The van der Waals surface area contributed by atoms with Crippen LogP contribution in [0.25, 0.3) is 0 Å². The van der Waals surface area contributed by atoms with Crippen LogP contribution in [0.5, 0.6) is 0 Å². The Balaban J connectivity index is 2.59. The molecular weight excluding hydrogens is 194 g/mol. The first-order valence-electron chi connectivity index (χ1n) is 4.81. The summed E-state index contributed by atoms with van der Waals surface area (Å²) >= 11 is 1.76. The van der Waals surface area contributed by atoms with Crippen LogP contribution in [0.15, 0.2) is 17.4 Å². The minimum Gasteiger partial charge on any atom is -0.325 e. The molecule has 1 unspecified atom stereocenters. The average Bonchev–Trinajstić information content (AvgIpc) is 2.19. The molecule has 0 bridgehead atoms.